The predicted octanol–water partition coefficient (Wildman–Crippen LogP) is 1.46. The van der Waals surface area contributed by atoms with Crippen LogP contribution < -0.4 is 10.6 Å². The number of carbonyl (C=O) groups is 2. The molecule has 0 aromatic carbocycles. The fourth-order valence-electron chi connectivity index (χ4n) is 2.86. The molecule has 3 N–H and O–H groups in total. The first-order chi connectivity index (χ1) is 12.4. The summed E-state index contributed by atoms with van der Waals surface area (Å²) in [6.07, 6.45) is 2.90. The molecule has 138 valence electrons. The molecule has 8 nitrogen and oxygen atoms in total. The molecule has 0 bridgehead atoms. The van der Waals surface area contributed by atoms with E-state index in [0.717, 1.165) is 30.5 Å². The Bertz CT molecular complexity index is 825. The number of rotatable bonds is 7. The van der Waals surface area contributed by atoms with Gasteiger partial charge in [-0.2, -0.15) is 0 Å². The molecule has 0 unspecified atom stereocenters. The van der Waals surface area contributed by atoms with E-state index in [0.29, 0.717) is 24.6 Å². The number of hydrogen-bond donors (Lipinski definition) is 3. The molecule has 26 heavy (non-hydrogen) atoms. The van der Waals surface area contributed by atoms with E-state index < -0.39 is 0 Å². The highest BCUT2D eigenvalue weighted by atomic mass is 16.2. The van der Waals surface area contributed by atoms with Gasteiger partial charge in [0.25, 0.3) is 11.8 Å². The largest absolute Gasteiger partial charge is 0.350 e. The van der Waals surface area contributed by atoms with Crippen LogP contribution in [0.5, 0.6) is 0 Å². The van der Waals surface area contributed by atoms with Crippen molar-refractivity contribution in [2.24, 2.45) is 5.41 Å². The van der Waals surface area contributed by atoms with E-state index in [-0.39, 0.29) is 23.1 Å². The van der Waals surface area contributed by atoms with Gasteiger partial charge in [0.2, 0.25) is 5.82 Å². The van der Waals surface area contributed by atoms with Gasteiger partial charge in [0, 0.05) is 18.8 Å². The Balaban J connectivity index is 1.47. The van der Waals surface area contributed by atoms with Crippen molar-refractivity contribution in [1.29, 1.82) is 0 Å². The lowest BCUT2D eigenvalue weighted by Gasteiger charge is -2.16. The molecule has 0 spiro atoms. The lowest BCUT2D eigenvalue weighted by Crippen LogP contribution is -2.34. The fraction of sp³-hybridized carbons (Fsp3) is 0.500. The minimum absolute atomic E-state index is 0.0651. The second-order valence-corrected chi connectivity index (χ2v) is 7.05. The number of H-pyrrole nitrogens is 1. The Morgan fingerprint density at radius 3 is 2.54 bits per heavy atom. The van der Waals surface area contributed by atoms with E-state index in [4.69, 9.17) is 0 Å². The summed E-state index contributed by atoms with van der Waals surface area (Å²) in [5, 5.41) is 12.3. The van der Waals surface area contributed by atoms with Crippen molar-refractivity contribution in [3.63, 3.8) is 0 Å². The van der Waals surface area contributed by atoms with Gasteiger partial charge in [0.05, 0.1) is 0 Å². The Morgan fingerprint density at radius 1 is 1.12 bits per heavy atom. The minimum Gasteiger partial charge on any atom is -0.350 e. The van der Waals surface area contributed by atoms with Gasteiger partial charge in [0.1, 0.15) is 11.5 Å². The van der Waals surface area contributed by atoms with E-state index in [9.17, 15) is 9.59 Å². The number of pyridine rings is 1. The van der Waals surface area contributed by atoms with Crippen LogP contribution in [0.3, 0.4) is 0 Å². The summed E-state index contributed by atoms with van der Waals surface area (Å²) in [6, 6.07) is 3.80. The summed E-state index contributed by atoms with van der Waals surface area (Å²) in [7, 11) is 0. The van der Waals surface area contributed by atoms with Crippen LogP contribution in [0.25, 0.3) is 0 Å². The SMILES string of the molecule is Cc1ccc(C)c(C(=O)NCC2(CCNC(=O)c3n[nH]c(C)n3)CC2)n1. The Morgan fingerprint density at radius 2 is 1.88 bits per heavy atom. The maximum Gasteiger partial charge on any atom is 0.290 e. The van der Waals surface area contributed by atoms with Crippen LogP contribution in [0.15, 0.2) is 12.1 Å². The molecule has 1 aliphatic carbocycles. The van der Waals surface area contributed by atoms with Crippen molar-refractivity contribution in [2.45, 2.75) is 40.0 Å². The number of nitrogens with one attached hydrogen (secondary N) is 3. The molecule has 2 amide bonds. The van der Waals surface area contributed by atoms with Crippen LogP contribution in [0.4, 0.5) is 0 Å². The maximum absolute atomic E-state index is 12.4. The molecule has 1 fully saturated rings. The first-order valence-corrected chi connectivity index (χ1v) is 8.78. The molecule has 2 aromatic rings. The first kappa shape index (κ1) is 18.0. The standard InChI is InChI=1S/C18H24N6O2/c1-11-4-5-12(2)21-14(11)16(25)20-10-18(6-7-18)8-9-19-17(26)15-22-13(3)23-24-15/h4-5H,6-10H2,1-3H3,(H,19,26)(H,20,25)(H,22,23,24). The summed E-state index contributed by atoms with van der Waals surface area (Å²) >= 11 is 0. The maximum atomic E-state index is 12.4. The number of nitrogens with zero attached hydrogens (tertiary/aromatic N) is 3. The molecule has 1 aliphatic rings. The molecule has 0 radical (unpaired) electrons. The number of aryl methyl sites for hydroxylation is 3. The minimum atomic E-state index is -0.284. The van der Waals surface area contributed by atoms with Gasteiger partial charge >= 0.3 is 0 Å². The highest BCUT2D eigenvalue weighted by Gasteiger charge is 2.42. The Kier molecular flexibility index (Phi) is 5.01. The molecule has 3 rings (SSSR count). The molecule has 8 heteroatoms. The predicted molar refractivity (Wildman–Crippen MR) is 95.8 cm³/mol. The zero-order valence-corrected chi connectivity index (χ0v) is 15.3. The first-order valence-electron chi connectivity index (χ1n) is 8.78. The molecular weight excluding hydrogens is 332 g/mol. The van der Waals surface area contributed by atoms with Crippen LogP contribution in [-0.4, -0.2) is 45.1 Å². The zero-order chi connectivity index (χ0) is 18.7. The van der Waals surface area contributed by atoms with Crippen LogP contribution in [0.2, 0.25) is 0 Å². The number of hydrogen-bond acceptors (Lipinski definition) is 5. The second-order valence-electron chi connectivity index (χ2n) is 7.05. The molecule has 2 aromatic heterocycles. The third-order valence-electron chi connectivity index (χ3n) is 4.77. The number of amides is 2. The van der Waals surface area contributed by atoms with Crippen molar-refractivity contribution in [2.75, 3.05) is 13.1 Å². The fourth-order valence-corrected chi connectivity index (χ4v) is 2.86. The smallest absolute Gasteiger partial charge is 0.290 e. The highest BCUT2D eigenvalue weighted by Crippen LogP contribution is 2.47. The van der Waals surface area contributed by atoms with Crippen LogP contribution >= 0.6 is 0 Å². The third kappa shape index (κ3) is 4.25. The van der Waals surface area contributed by atoms with Crippen molar-refractivity contribution in [3.8, 4) is 0 Å². The molecule has 0 atom stereocenters. The summed E-state index contributed by atoms with van der Waals surface area (Å²) < 4.78 is 0. The van der Waals surface area contributed by atoms with Gasteiger partial charge < -0.3 is 10.6 Å². The summed E-state index contributed by atoms with van der Waals surface area (Å²) in [6.45, 7) is 6.63. The van der Waals surface area contributed by atoms with Crippen LogP contribution in [-0.2, 0) is 0 Å². The van der Waals surface area contributed by atoms with Crippen molar-refractivity contribution >= 4 is 11.8 Å². The monoisotopic (exact) mass is 356 g/mol. The summed E-state index contributed by atoms with van der Waals surface area (Å²) in [5.74, 6) is 0.338. The normalized spacial score (nSPS) is 14.7. The Labute approximate surface area is 152 Å². The lowest BCUT2D eigenvalue weighted by atomic mass is 10.0. The van der Waals surface area contributed by atoms with Crippen LogP contribution in [0, 0.1) is 26.2 Å². The lowest BCUT2D eigenvalue weighted by molar-refractivity contribution is 0.0922. The molecule has 0 aliphatic heterocycles. The van der Waals surface area contributed by atoms with E-state index in [1.54, 1.807) is 6.92 Å². The van der Waals surface area contributed by atoms with Crippen molar-refractivity contribution in [3.05, 3.63) is 40.7 Å². The second kappa shape index (κ2) is 7.23. The van der Waals surface area contributed by atoms with Crippen molar-refractivity contribution in [1.82, 2.24) is 30.8 Å². The third-order valence-corrected chi connectivity index (χ3v) is 4.77. The van der Waals surface area contributed by atoms with E-state index >= 15 is 0 Å². The summed E-state index contributed by atoms with van der Waals surface area (Å²) in [5.41, 5.74) is 2.24. The number of aromatic nitrogens is 4. The molecular formula is C18H24N6O2. The van der Waals surface area contributed by atoms with E-state index in [1.165, 1.54) is 0 Å². The van der Waals surface area contributed by atoms with Gasteiger partial charge in [-0.15, -0.1) is 5.10 Å². The molecule has 2 heterocycles. The molecule has 1 saturated carbocycles. The molecule has 0 saturated heterocycles. The number of carbonyl (C=O) groups excluding carboxylic acids is 2. The summed E-state index contributed by atoms with van der Waals surface area (Å²) in [4.78, 5) is 32.7. The van der Waals surface area contributed by atoms with Gasteiger partial charge in [-0.3, -0.25) is 14.7 Å². The zero-order valence-electron chi connectivity index (χ0n) is 15.3. The van der Waals surface area contributed by atoms with Gasteiger partial charge in [-0.1, -0.05) is 6.07 Å². The van der Waals surface area contributed by atoms with Gasteiger partial charge in [0.15, 0.2) is 0 Å². The van der Waals surface area contributed by atoms with Gasteiger partial charge in [-0.05, 0) is 57.1 Å². The highest BCUT2D eigenvalue weighted by molar-refractivity contribution is 5.93. The topological polar surface area (TPSA) is 113 Å². The van der Waals surface area contributed by atoms with Crippen molar-refractivity contribution < 1.29 is 9.59 Å². The quantitative estimate of drug-likeness (QED) is 0.695. The van der Waals surface area contributed by atoms with E-state index in [1.807, 2.05) is 26.0 Å². The average molecular weight is 356 g/mol. The average Bonchev–Trinajstić information content (AvgIpc) is 3.25. The van der Waals surface area contributed by atoms with Gasteiger partial charge in [-0.25, -0.2) is 9.97 Å². The van der Waals surface area contributed by atoms with Crippen LogP contribution in [0.1, 0.15) is 57.5 Å². The van der Waals surface area contributed by atoms with E-state index in [2.05, 4.69) is 30.8 Å². The number of aromatic amines is 1. The Hall–Kier alpha value is -2.77.